The number of rotatable bonds is 6. The van der Waals surface area contributed by atoms with Gasteiger partial charge in [0.05, 0.1) is 5.69 Å². The van der Waals surface area contributed by atoms with Gasteiger partial charge in [-0.3, -0.25) is 0 Å². The summed E-state index contributed by atoms with van der Waals surface area (Å²) in [6.45, 7) is 7.97. The molecule has 0 fully saturated rings. The van der Waals surface area contributed by atoms with Crippen LogP contribution in [-0.4, -0.2) is 33.6 Å². The summed E-state index contributed by atoms with van der Waals surface area (Å²) in [4.78, 5) is 6.74. The van der Waals surface area contributed by atoms with E-state index in [0.717, 1.165) is 36.7 Å². The van der Waals surface area contributed by atoms with Gasteiger partial charge in [-0.1, -0.05) is 25.1 Å². The van der Waals surface area contributed by atoms with Crippen molar-refractivity contribution >= 4 is 11.3 Å². The lowest BCUT2D eigenvalue weighted by molar-refractivity contribution is 0.401. The minimum atomic E-state index is 0.787. The number of hydrogen-bond donors (Lipinski definition) is 1. The van der Waals surface area contributed by atoms with Crippen LogP contribution in [0.2, 0.25) is 0 Å². The highest BCUT2D eigenvalue weighted by molar-refractivity contribution is 5.68. The average molecular weight is 337 g/mol. The lowest BCUT2D eigenvalue weighted by Gasteiger charge is -2.15. The molecular weight excluding hydrogens is 310 g/mol. The molecule has 132 valence electrons. The van der Waals surface area contributed by atoms with Crippen molar-refractivity contribution < 1.29 is 0 Å². The Morgan fingerprint density at radius 3 is 2.72 bits per heavy atom. The monoisotopic (exact) mass is 337 g/mol. The molecule has 0 amide bonds. The Kier molecular flexibility index (Phi) is 5.04. The lowest BCUT2D eigenvalue weighted by atomic mass is 10.00. The topological polar surface area (TPSA) is 45.5 Å². The van der Waals surface area contributed by atoms with Crippen molar-refractivity contribution in [1.82, 2.24) is 19.5 Å². The Morgan fingerprint density at radius 2 is 2.00 bits per heavy atom. The van der Waals surface area contributed by atoms with Crippen LogP contribution in [-0.2, 0) is 19.5 Å². The summed E-state index contributed by atoms with van der Waals surface area (Å²) in [5.74, 6) is 0.787. The molecule has 0 unspecified atom stereocenters. The van der Waals surface area contributed by atoms with E-state index in [9.17, 15) is 0 Å². The number of aromatic nitrogens is 3. The second-order valence-electron chi connectivity index (χ2n) is 6.85. The zero-order valence-electron chi connectivity index (χ0n) is 15.8. The lowest BCUT2D eigenvalue weighted by Crippen LogP contribution is -2.12. The summed E-state index contributed by atoms with van der Waals surface area (Å²) in [5, 5.41) is 8.10. The van der Waals surface area contributed by atoms with Crippen LogP contribution in [0.1, 0.15) is 35.0 Å². The van der Waals surface area contributed by atoms with Gasteiger partial charge in [0, 0.05) is 19.3 Å². The van der Waals surface area contributed by atoms with Crippen molar-refractivity contribution in [3.63, 3.8) is 0 Å². The quantitative estimate of drug-likeness (QED) is 0.747. The molecule has 2 heterocycles. The Hall–Kier alpha value is -2.40. The second kappa shape index (κ2) is 7.23. The molecule has 3 aromatic rings. The highest BCUT2D eigenvalue weighted by Gasteiger charge is 2.11. The molecule has 0 saturated heterocycles. The Bertz CT molecular complexity index is 879. The number of fused-ring (bicyclic) bond motifs is 1. The van der Waals surface area contributed by atoms with Crippen LogP contribution in [0, 0.1) is 13.8 Å². The van der Waals surface area contributed by atoms with E-state index in [1.54, 1.807) is 0 Å². The van der Waals surface area contributed by atoms with Crippen molar-refractivity contribution in [3.05, 3.63) is 58.5 Å². The molecule has 0 aliphatic carbocycles. The van der Waals surface area contributed by atoms with Gasteiger partial charge in [0.1, 0.15) is 5.82 Å². The maximum Gasteiger partial charge on any atom is 0.178 e. The predicted octanol–water partition coefficient (Wildman–Crippen LogP) is 3.58. The first-order chi connectivity index (χ1) is 12.0. The molecule has 0 spiro atoms. The van der Waals surface area contributed by atoms with E-state index in [1.807, 2.05) is 11.4 Å². The third kappa shape index (κ3) is 3.82. The normalized spacial score (nSPS) is 11.4. The molecule has 0 bridgehead atoms. The number of nitrogens with one attached hydrogen (secondary N) is 1. The van der Waals surface area contributed by atoms with Gasteiger partial charge in [-0.05, 0) is 62.7 Å². The van der Waals surface area contributed by atoms with Crippen LogP contribution < -0.4 is 5.32 Å². The van der Waals surface area contributed by atoms with E-state index in [0.29, 0.717) is 0 Å². The molecule has 25 heavy (non-hydrogen) atoms. The first kappa shape index (κ1) is 17.4. The van der Waals surface area contributed by atoms with Crippen LogP contribution >= 0.6 is 0 Å². The summed E-state index contributed by atoms with van der Waals surface area (Å²) >= 11 is 0. The van der Waals surface area contributed by atoms with Gasteiger partial charge >= 0.3 is 0 Å². The Labute approximate surface area is 149 Å². The molecule has 1 N–H and O–H groups in total. The number of aryl methyl sites for hydroxylation is 3. The third-order valence-corrected chi connectivity index (χ3v) is 4.44. The molecule has 1 aromatic carbocycles. The minimum Gasteiger partial charge on any atom is -0.378 e. The van der Waals surface area contributed by atoms with Crippen molar-refractivity contribution in [2.24, 2.45) is 0 Å². The van der Waals surface area contributed by atoms with Gasteiger partial charge in [-0.15, -0.1) is 0 Å². The van der Waals surface area contributed by atoms with E-state index < -0.39 is 0 Å². The van der Waals surface area contributed by atoms with E-state index in [2.05, 4.69) is 78.7 Å². The fourth-order valence-electron chi connectivity index (χ4n) is 3.26. The highest BCUT2D eigenvalue weighted by Crippen LogP contribution is 2.22. The van der Waals surface area contributed by atoms with Crippen molar-refractivity contribution in [1.29, 1.82) is 0 Å². The first-order valence-corrected chi connectivity index (χ1v) is 8.79. The van der Waals surface area contributed by atoms with E-state index in [1.165, 1.54) is 22.3 Å². The number of pyridine rings is 1. The van der Waals surface area contributed by atoms with Gasteiger partial charge in [0.15, 0.2) is 5.65 Å². The maximum atomic E-state index is 4.59. The maximum absolute atomic E-state index is 4.59. The summed E-state index contributed by atoms with van der Waals surface area (Å²) < 4.78 is 1.88. The molecular formula is C20H27N5. The smallest absolute Gasteiger partial charge is 0.178 e. The number of nitrogens with zero attached hydrogens (tertiary/aromatic N) is 4. The largest absolute Gasteiger partial charge is 0.378 e. The van der Waals surface area contributed by atoms with Crippen LogP contribution in [0.3, 0.4) is 0 Å². The molecule has 0 atom stereocenters. The minimum absolute atomic E-state index is 0.787. The molecule has 0 radical (unpaired) electrons. The molecule has 0 aliphatic rings. The SMILES string of the molecule is CCc1cccc(C)c1CNc1cc(CN(C)C)cn2nc(C)nc12. The first-order valence-electron chi connectivity index (χ1n) is 8.79. The highest BCUT2D eigenvalue weighted by atomic mass is 15.3. The molecule has 5 nitrogen and oxygen atoms in total. The average Bonchev–Trinajstić information content (AvgIpc) is 2.93. The summed E-state index contributed by atoms with van der Waals surface area (Å²) in [6.07, 6.45) is 3.10. The van der Waals surface area contributed by atoms with E-state index in [4.69, 9.17) is 0 Å². The van der Waals surface area contributed by atoms with Crippen molar-refractivity contribution in [2.75, 3.05) is 19.4 Å². The number of benzene rings is 1. The van der Waals surface area contributed by atoms with Crippen LogP contribution in [0.25, 0.3) is 5.65 Å². The molecule has 2 aromatic heterocycles. The third-order valence-electron chi connectivity index (χ3n) is 4.44. The molecule has 3 rings (SSSR count). The fraction of sp³-hybridized carbons (Fsp3) is 0.400. The van der Waals surface area contributed by atoms with Gasteiger partial charge in [0.2, 0.25) is 0 Å². The summed E-state index contributed by atoms with van der Waals surface area (Å²) in [6, 6.07) is 8.71. The predicted molar refractivity (Wildman–Crippen MR) is 103 cm³/mol. The van der Waals surface area contributed by atoms with E-state index >= 15 is 0 Å². The van der Waals surface area contributed by atoms with Crippen LogP contribution in [0.15, 0.2) is 30.5 Å². The van der Waals surface area contributed by atoms with E-state index in [-0.39, 0.29) is 0 Å². The van der Waals surface area contributed by atoms with Crippen molar-refractivity contribution in [3.8, 4) is 0 Å². The van der Waals surface area contributed by atoms with Crippen molar-refractivity contribution in [2.45, 2.75) is 40.3 Å². The standard InChI is InChI=1S/C20H27N5/c1-6-17-9-7-8-14(2)18(17)11-21-19-10-16(12-24(4)5)13-25-20(19)22-15(3)23-25/h7-10,13,21H,6,11-12H2,1-5H3. The molecule has 5 heteroatoms. The van der Waals surface area contributed by atoms with Gasteiger partial charge in [-0.2, -0.15) is 5.10 Å². The van der Waals surface area contributed by atoms with Gasteiger partial charge in [-0.25, -0.2) is 9.50 Å². The van der Waals surface area contributed by atoms with Gasteiger partial charge in [0.25, 0.3) is 0 Å². The van der Waals surface area contributed by atoms with Gasteiger partial charge < -0.3 is 10.2 Å². The molecule has 0 aliphatic heterocycles. The number of hydrogen-bond acceptors (Lipinski definition) is 4. The zero-order valence-corrected chi connectivity index (χ0v) is 15.8. The summed E-state index contributed by atoms with van der Waals surface area (Å²) in [7, 11) is 4.15. The number of anilines is 1. The summed E-state index contributed by atoms with van der Waals surface area (Å²) in [5.41, 5.74) is 7.22. The van der Waals surface area contributed by atoms with Crippen LogP contribution in [0.4, 0.5) is 5.69 Å². The second-order valence-corrected chi connectivity index (χ2v) is 6.85. The Morgan fingerprint density at radius 1 is 1.20 bits per heavy atom. The molecule has 0 saturated carbocycles. The van der Waals surface area contributed by atoms with Crippen LogP contribution in [0.5, 0.6) is 0 Å². The fourth-order valence-corrected chi connectivity index (χ4v) is 3.26. The Balaban J connectivity index is 1.95. The zero-order chi connectivity index (χ0) is 18.0.